The van der Waals surface area contributed by atoms with Gasteiger partial charge < -0.3 is 17.8 Å². The van der Waals surface area contributed by atoms with Gasteiger partial charge in [0, 0.05) is 5.56 Å². The molecule has 0 bridgehead atoms. The third-order valence-corrected chi connectivity index (χ3v) is 3.09. The van der Waals surface area contributed by atoms with Crippen molar-refractivity contribution in [2.45, 2.75) is 0 Å². The fourth-order valence-electron chi connectivity index (χ4n) is 1.87. The summed E-state index contributed by atoms with van der Waals surface area (Å²) in [6.07, 6.45) is 2.98. The Morgan fingerprint density at radius 1 is 0.885 bits per heavy atom. The van der Waals surface area contributed by atoms with Crippen LogP contribution in [0, 0.1) is 0 Å². The summed E-state index contributed by atoms with van der Waals surface area (Å²) in [5, 5.41) is 17.3. The Hall–Kier alpha value is -1.41. The van der Waals surface area contributed by atoms with Crippen LogP contribution in [-0.4, -0.2) is 34.5 Å². The van der Waals surface area contributed by atoms with Gasteiger partial charge in [0.15, 0.2) is 12.4 Å². The van der Waals surface area contributed by atoms with Crippen molar-refractivity contribution in [3.05, 3.63) is 71.3 Å². The second-order valence-electron chi connectivity index (χ2n) is 4.83. The van der Waals surface area contributed by atoms with Gasteiger partial charge in [0.1, 0.15) is 5.75 Å². The van der Waals surface area contributed by atoms with E-state index in [1.54, 1.807) is 30.3 Å². The molecule has 0 amide bonds. The molecular weight excluding hydrogens is 358 g/mol. The van der Waals surface area contributed by atoms with Crippen LogP contribution in [-0.2, 0) is 4.79 Å². The first-order valence-corrected chi connectivity index (χ1v) is 6.96. The number of ketones is 1. The van der Waals surface area contributed by atoms with E-state index in [9.17, 15) is 14.4 Å². The quantitative estimate of drug-likeness (QED) is 0.304. The Balaban J connectivity index is -0.00000156. The second kappa shape index (κ2) is 12.1. The minimum atomic E-state index is -1.06. The molecule has 0 aliphatic heterocycles. The Morgan fingerprint density at radius 2 is 1.42 bits per heavy atom. The Morgan fingerprint density at radius 3 is 1.92 bits per heavy atom. The van der Waals surface area contributed by atoms with E-state index in [1.807, 2.05) is 0 Å². The molecule has 2 N–H and O–H groups in total. The Kier molecular flexibility index (Phi) is 11.4. The molecule has 0 radical (unpaired) electrons. The number of aliphatic carboxylic acids is 1. The fraction of sp³-hybridized carbons (Fsp3) is 0.0556. The van der Waals surface area contributed by atoms with Crippen LogP contribution in [0.5, 0.6) is 5.75 Å². The van der Waals surface area contributed by atoms with Crippen molar-refractivity contribution in [2.75, 3.05) is 6.61 Å². The zero-order chi connectivity index (χ0) is 17.5. The van der Waals surface area contributed by atoms with Crippen LogP contribution < -0.4 is 63.9 Å². The van der Waals surface area contributed by atoms with E-state index in [0.717, 1.165) is 5.56 Å². The first kappa shape index (κ1) is 24.6. The summed E-state index contributed by atoms with van der Waals surface area (Å²) in [5.41, 5.74) is 1.25. The maximum atomic E-state index is 12.0. The smallest absolute Gasteiger partial charge is 1.00 e. The summed E-state index contributed by atoms with van der Waals surface area (Å²) >= 11 is 0. The third-order valence-electron chi connectivity index (χ3n) is 3.09. The van der Waals surface area contributed by atoms with Gasteiger partial charge in [-0.25, -0.2) is 9.59 Å². The number of carbonyl (C=O) groups is 3. The molecule has 2 aromatic rings. The van der Waals surface area contributed by atoms with Gasteiger partial charge in [-0.05, 0) is 35.9 Å². The number of aromatic carboxylic acids is 1. The van der Waals surface area contributed by atoms with E-state index in [2.05, 4.69) is 0 Å². The first-order valence-electron chi connectivity index (χ1n) is 6.96. The van der Waals surface area contributed by atoms with Gasteiger partial charge in [-0.15, -0.1) is 0 Å². The maximum absolute atomic E-state index is 12.0. The molecule has 126 valence electrons. The van der Waals surface area contributed by atoms with Crippen LogP contribution >= 0.6 is 0 Å². The molecule has 2 aromatic carbocycles. The number of rotatable bonds is 7. The molecule has 0 aromatic heterocycles. The monoisotopic (exact) mass is 374 g/mol. The molecule has 8 heteroatoms. The number of benzene rings is 2. The molecular formula is C18H16Na2O6. The van der Waals surface area contributed by atoms with Crippen molar-refractivity contribution >= 4 is 23.8 Å². The van der Waals surface area contributed by atoms with Crippen molar-refractivity contribution in [1.29, 1.82) is 0 Å². The molecule has 0 aliphatic carbocycles. The van der Waals surface area contributed by atoms with E-state index in [0.29, 0.717) is 11.3 Å². The van der Waals surface area contributed by atoms with Crippen molar-refractivity contribution in [3.8, 4) is 5.75 Å². The summed E-state index contributed by atoms with van der Waals surface area (Å²) in [5.74, 6) is -1.93. The molecule has 0 atom stereocenters. The van der Waals surface area contributed by atoms with Gasteiger partial charge in [-0.1, -0.05) is 30.3 Å². The first-order chi connectivity index (χ1) is 11.5. The van der Waals surface area contributed by atoms with Gasteiger partial charge in [0.05, 0.1) is 5.56 Å². The van der Waals surface area contributed by atoms with Crippen LogP contribution in [0.3, 0.4) is 0 Å². The number of allylic oxidation sites excluding steroid dienone is 1. The zero-order valence-corrected chi connectivity index (χ0v) is 18.5. The molecule has 0 unspecified atom stereocenters. The fourth-order valence-corrected chi connectivity index (χ4v) is 1.87. The maximum Gasteiger partial charge on any atom is 1.00 e. The van der Waals surface area contributed by atoms with E-state index in [1.165, 1.54) is 30.3 Å². The van der Waals surface area contributed by atoms with Crippen LogP contribution in [0.25, 0.3) is 6.08 Å². The number of carboxylic acids is 2. The largest absolute Gasteiger partial charge is 1.00 e. The van der Waals surface area contributed by atoms with E-state index in [4.69, 9.17) is 14.9 Å². The van der Waals surface area contributed by atoms with Gasteiger partial charge >= 0.3 is 71.1 Å². The molecule has 0 spiro atoms. The van der Waals surface area contributed by atoms with E-state index in [-0.39, 0.29) is 73.3 Å². The average molecular weight is 374 g/mol. The van der Waals surface area contributed by atoms with Crippen LogP contribution in [0.15, 0.2) is 54.6 Å². The molecule has 2 rings (SSSR count). The van der Waals surface area contributed by atoms with E-state index < -0.39 is 18.5 Å². The molecule has 0 heterocycles. The summed E-state index contributed by atoms with van der Waals surface area (Å²) in [6.45, 7) is -0.417. The van der Waals surface area contributed by atoms with E-state index >= 15 is 0 Å². The van der Waals surface area contributed by atoms with Crippen molar-refractivity contribution in [3.63, 3.8) is 0 Å². The molecule has 0 aliphatic rings. The van der Waals surface area contributed by atoms with Gasteiger partial charge in [-0.2, -0.15) is 0 Å². The molecule has 0 saturated carbocycles. The third kappa shape index (κ3) is 7.86. The van der Waals surface area contributed by atoms with Gasteiger partial charge in [-0.3, -0.25) is 4.79 Å². The predicted molar refractivity (Wildman–Crippen MR) is 88.6 cm³/mol. The average Bonchev–Trinajstić information content (AvgIpc) is 2.58. The number of ether oxygens (including phenoxy) is 1. The number of carbonyl (C=O) groups excluding carboxylic acids is 1. The SMILES string of the molecule is O=C(O)COc1ccc(C=CC(=O)c2ccc(C(=O)O)cc2)cc1.[H-].[H-].[Na+].[Na+]. The minimum absolute atomic E-state index is 0. The standard InChI is InChI=1S/C18H14O6.2Na.2H/c19-16(13-4-6-14(7-5-13)18(22)23)10-3-12-1-8-15(9-2-12)24-11-17(20)21;;;;/h1-10H,11H2,(H,20,21)(H,22,23);;;;/q;2*+1;2*-1. The second-order valence-corrected chi connectivity index (χ2v) is 4.83. The summed E-state index contributed by atoms with van der Waals surface area (Å²) < 4.78 is 5.01. The van der Waals surface area contributed by atoms with Crippen LogP contribution in [0.1, 0.15) is 29.1 Å². The van der Waals surface area contributed by atoms with Crippen molar-refractivity contribution in [2.24, 2.45) is 0 Å². The summed E-state index contributed by atoms with van der Waals surface area (Å²) in [7, 11) is 0. The summed E-state index contributed by atoms with van der Waals surface area (Å²) in [4.78, 5) is 33.2. The Bertz CT molecular complexity index is 793. The van der Waals surface area contributed by atoms with Gasteiger partial charge in [0.2, 0.25) is 0 Å². The minimum Gasteiger partial charge on any atom is -1.00 e. The molecule has 6 nitrogen and oxygen atoms in total. The topological polar surface area (TPSA) is 101 Å². The van der Waals surface area contributed by atoms with Crippen LogP contribution in [0.4, 0.5) is 0 Å². The molecule has 0 fully saturated rings. The normalized spacial score (nSPS) is 9.69. The predicted octanol–water partition coefficient (Wildman–Crippen LogP) is -3.02. The summed E-state index contributed by atoms with van der Waals surface area (Å²) in [6, 6.07) is 12.3. The Labute approximate surface area is 197 Å². The van der Waals surface area contributed by atoms with Crippen molar-refractivity contribution < 1.29 is 91.3 Å². The molecule has 26 heavy (non-hydrogen) atoms. The van der Waals surface area contributed by atoms with Gasteiger partial charge in [0.25, 0.3) is 0 Å². The number of hydrogen-bond donors (Lipinski definition) is 2. The van der Waals surface area contributed by atoms with Crippen LogP contribution in [0.2, 0.25) is 0 Å². The molecule has 0 saturated heterocycles. The number of carboxylic acid groups (broad SMARTS) is 2. The number of hydrogen-bond acceptors (Lipinski definition) is 4. The van der Waals surface area contributed by atoms with Crippen molar-refractivity contribution in [1.82, 2.24) is 0 Å². The zero-order valence-electron chi connectivity index (χ0n) is 16.5.